The van der Waals surface area contributed by atoms with Crippen LogP contribution >= 0.6 is 0 Å². The molecule has 4 N–H and O–H groups in total. The number of amides is 1. The van der Waals surface area contributed by atoms with E-state index in [0.717, 1.165) is 18.2 Å². The van der Waals surface area contributed by atoms with E-state index >= 15 is 0 Å². The van der Waals surface area contributed by atoms with Gasteiger partial charge in [-0.1, -0.05) is 0 Å². The quantitative estimate of drug-likeness (QED) is 0.427. The molecular weight excluding hydrogens is 326 g/mol. The molecule has 0 bridgehead atoms. The summed E-state index contributed by atoms with van der Waals surface area (Å²) >= 11 is 0. The fraction of sp³-hybridized carbons (Fsp3) is 0. The molecule has 0 heterocycles. The Labute approximate surface area is 130 Å². The van der Waals surface area contributed by atoms with Crippen molar-refractivity contribution in [3.63, 3.8) is 0 Å². The van der Waals surface area contributed by atoms with E-state index < -0.39 is 37.9 Å². The van der Waals surface area contributed by atoms with Crippen LogP contribution in [0.1, 0.15) is 10.4 Å². The summed E-state index contributed by atoms with van der Waals surface area (Å²) in [6.45, 7) is 0. The van der Waals surface area contributed by atoms with Gasteiger partial charge < -0.3 is 10.8 Å². The number of phenolic OH excluding ortho intramolecular Hbond substituents is 1. The molecule has 2 rings (SSSR count). The van der Waals surface area contributed by atoms with Crippen LogP contribution in [0.25, 0.3) is 0 Å². The van der Waals surface area contributed by atoms with Crippen molar-refractivity contribution in [2.45, 2.75) is 4.90 Å². The van der Waals surface area contributed by atoms with Crippen LogP contribution in [0.2, 0.25) is 0 Å². The van der Waals surface area contributed by atoms with Gasteiger partial charge in [0.2, 0.25) is 0 Å². The summed E-state index contributed by atoms with van der Waals surface area (Å²) in [6, 6.07) is 7.76. The first kappa shape index (κ1) is 16.2. The molecule has 0 aromatic heterocycles. The minimum absolute atomic E-state index is 0.218. The normalized spacial score (nSPS) is 11.0. The number of nitro groups is 1. The summed E-state index contributed by atoms with van der Waals surface area (Å²) in [6.07, 6.45) is 0. The fourth-order valence-electron chi connectivity index (χ4n) is 1.70. The number of non-ortho nitro benzene ring substituents is 1. The number of anilines is 1. The van der Waals surface area contributed by atoms with Gasteiger partial charge in [-0.25, -0.2) is 13.1 Å². The van der Waals surface area contributed by atoms with Crippen molar-refractivity contribution in [2.75, 3.05) is 5.73 Å². The zero-order valence-corrected chi connectivity index (χ0v) is 12.3. The third-order valence-corrected chi connectivity index (χ3v) is 4.20. The summed E-state index contributed by atoms with van der Waals surface area (Å²) in [4.78, 5) is 21.7. The molecule has 0 saturated heterocycles. The maximum atomic E-state index is 12.1. The highest BCUT2D eigenvalue weighted by Gasteiger charge is 2.22. The number of nitrogens with two attached hydrogens (primary N) is 1. The smallest absolute Gasteiger partial charge is 0.270 e. The van der Waals surface area contributed by atoms with Crippen LogP contribution < -0.4 is 10.5 Å². The molecule has 0 spiro atoms. The van der Waals surface area contributed by atoms with Crippen LogP contribution in [-0.2, 0) is 10.0 Å². The van der Waals surface area contributed by atoms with Crippen LogP contribution in [0.3, 0.4) is 0 Å². The number of benzene rings is 2. The molecule has 0 saturated carbocycles. The molecule has 0 fully saturated rings. The summed E-state index contributed by atoms with van der Waals surface area (Å²) in [5.74, 6) is -1.77. The third-order valence-electron chi connectivity index (χ3n) is 2.85. The maximum Gasteiger partial charge on any atom is 0.270 e. The Kier molecular flexibility index (Phi) is 4.18. The van der Waals surface area contributed by atoms with Crippen LogP contribution in [0.15, 0.2) is 47.4 Å². The molecule has 10 heteroatoms. The lowest BCUT2D eigenvalue weighted by molar-refractivity contribution is -0.384. The molecule has 23 heavy (non-hydrogen) atoms. The third kappa shape index (κ3) is 3.55. The first-order valence-electron chi connectivity index (χ1n) is 6.11. The SMILES string of the molecule is Nc1ccc(S(=O)(=O)NC(=O)c2cc([N+](=O)[O-])ccc2O)cc1. The lowest BCUT2D eigenvalue weighted by atomic mass is 10.1. The average molecular weight is 337 g/mol. The number of nitro benzene ring substituents is 1. The van der Waals surface area contributed by atoms with Crippen LogP contribution in [0.4, 0.5) is 11.4 Å². The standard InChI is InChI=1S/C13H11N3O6S/c14-8-1-4-10(5-2-8)23(21,22)15-13(18)11-7-9(16(19)20)3-6-12(11)17/h1-7,17H,14H2,(H,15,18). The van der Waals surface area contributed by atoms with Gasteiger partial charge in [0.25, 0.3) is 21.6 Å². The average Bonchev–Trinajstić information content (AvgIpc) is 2.47. The number of nitrogen functional groups attached to an aromatic ring is 1. The van der Waals surface area contributed by atoms with E-state index in [4.69, 9.17) is 5.73 Å². The highest BCUT2D eigenvalue weighted by Crippen LogP contribution is 2.23. The molecule has 0 aliphatic rings. The number of hydrogen-bond acceptors (Lipinski definition) is 7. The topological polar surface area (TPSA) is 153 Å². The Bertz CT molecular complexity index is 877. The Balaban J connectivity index is 2.33. The maximum absolute atomic E-state index is 12.1. The Morgan fingerprint density at radius 2 is 1.78 bits per heavy atom. The number of rotatable bonds is 4. The molecule has 0 aliphatic carbocycles. The fourth-order valence-corrected chi connectivity index (χ4v) is 2.67. The molecule has 0 radical (unpaired) electrons. The van der Waals surface area contributed by atoms with E-state index in [-0.39, 0.29) is 4.90 Å². The van der Waals surface area contributed by atoms with E-state index in [9.17, 15) is 28.4 Å². The second-order valence-corrected chi connectivity index (χ2v) is 6.14. The summed E-state index contributed by atoms with van der Waals surface area (Å²) in [5.41, 5.74) is 4.80. The molecule has 0 unspecified atom stereocenters. The molecule has 9 nitrogen and oxygen atoms in total. The van der Waals surface area contributed by atoms with Crippen molar-refractivity contribution >= 4 is 27.3 Å². The van der Waals surface area contributed by atoms with Crippen LogP contribution in [0.5, 0.6) is 5.75 Å². The van der Waals surface area contributed by atoms with E-state index in [1.807, 2.05) is 0 Å². The number of sulfonamides is 1. The van der Waals surface area contributed by atoms with E-state index in [1.54, 1.807) is 4.72 Å². The highest BCUT2D eigenvalue weighted by atomic mass is 32.2. The van der Waals surface area contributed by atoms with Crippen molar-refractivity contribution in [1.29, 1.82) is 0 Å². The zero-order chi connectivity index (χ0) is 17.2. The van der Waals surface area contributed by atoms with E-state index in [0.29, 0.717) is 5.69 Å². The van der Waals surface area contributed by atoms with Gasteiger partial charge in [0.05, 0.1) is 15.4 Å². The van der Waals surface area contributed by atoms with Gasteiger partial charge in [0.1, 0.15) is 5.75 Å². The minimum atomic E-state index is -4.21. The lowest BCUT2D eigenvalue weighted by Gasteiger charge is -2.08. The van der Waals surface area contributed by atoms with Crippen LogP contribution in [0, 0.1) is 10.1 Å². The van der Waals surface area contributed by atoms with Gasteiger partial charge >= 0.3 is 0 Å². The van der Waals surface area contributed by atoms with Gasteiger partial charge in [-0.05, 0) is 30.3 Å². The molecule has 1 amide bonds. The minimum Gasteiger partial charge on any atom is -0.507 e. The highest BCUT2D eigenvalue weighted by molar-refractivity contribution is 7.90. The molecule has 120 valence electrons. The largest absolute Gasteiger partial charge is 0.507 e. The number of carbonyl (C=O) groups excluding carboxylic acids is 1. The van der Waals surface area contributed by atoms with Gasteiger partial charge in [-0.15, -0.1) is 0 Å². The summed E-state index contributed by atoms with van der Waals surface area (Å²) in [7, 11) is -4.21. The molecular formula is C13H11N3O6S. The monoisotopic (exact) mass is 337 g/mol. The number of carbonyl (C=O) groups is 1. The van der Waals surface area contributed by atoms with Crippen molar-refractivity contribution in [3.05, 3.63) is 58.1 Å². The Morgan fingerprint density at radius 3 is 2.35 bits per heavy atom. The van der Waals surface area contributed by atoms with Gasteiger partial charge in [-0.2, -0.15) is 0 Å². The predicted octanol–water partition coefficient (Wildman–Crippen LogP) is 1.00. The van der Waals surface area contributed by atoms with Crippen molar-refractivity contribution in [3.8, 4) is 5.75 Å². The number of nitrogens with zero attached hydrogens (tertiary/aromatic N) is 1. The number of nitrogens with one attached hydrogen (secondary N) is 1. The second kappa shape index (κ2) is 5.93. The zero-order valence-electron chi connectivity index (χ0n) is 11.5. The lowest BCUT2D eigenvalue weighted by Crippen LogP contribution is -2.30. The summed E-state index contributed by atoms with van der Waals surface area (Å²) < 4.78 is 25.9. The van der Waals surface area contributed by atoms with Gasteiger partial charge in [0, 0.05) is 17.8 Å². The van der Waals surface area contributed by atoms with Crippen molar-refractivity contribution < 1.29 is 23.2 Å². The molecule has 2 aromatic carbocycles. The molecule has 0 aliphatic heterocycles. The van der Waals surface area contributed by atoms with Gasteiger partial charge in [0.15, 0.2) is 0 Å². The van der Waals surface area contributed by atoms with E-state index in [1.165, 1.54) is 24.3 Å². The van der Waals surface area contributed by atoms with Gasteiger partial charge in [-0.3, -0.25) is 14.9 Å². The van der Waals surface area contributed by atoms with Crippen molar-refractivity contribution in [1.82, 2.24) is 4.72 Å². The number of hydrogen-bond donors (Lipinski definition) is 3. The molecule has 0 atom stereocenters. The number of aromatic hydroxyl groups is 1. The predicted molar refractivity (Wildman–Crippen MR) is 80.3 cm³/mol. The Hall–Kier alpha value is -3.14. The first-order valence-corrected chi connectivity index (χ1v) is 7.59. The van der Waals surface area contributed by atoms with Crippen LogP contribution in [-0.4, -0.2) is 24.4 Å². The van der Waals surface area contributed by atoms with E-state index in [2.05, 4.69) is 0 Å². The summed E-state index contributed by atoms with van der Waals surface area (Å²) in [5, 5.41) is 20.3. The molecule has 2 aromatic rings. The first-order chi connectivity index (χ1) is 10.7. The van der Waals surface area contributed by atoms with Crippen molar-refractivity contribution in [2.24, 2.45) is 0 Å². The number of phenols is 1. The second-order valence-electron chi connectivity index (χ2n) is 4.46. The Morgan fingerprint density at radius 1 is 1.17 bits per heavy atom.